The minimum Gasteiger partial charge on any atom is -0.393 e. The molecule has 0 unspecified atom stereocenters. The Balaban J connectivity index is 5.65. The van der Waals surface area contributed by atoms with Crippen LogP contribution in [0.4, 0.5) is 13.2 Å². The number of rotatable bonds is 5. The summed E-state index contributed by atoms with van der Waals surface area (Å²) < 4.78 is 38.4. The number of nitrogens with one attached hydrogen (secondary N) is 1. The second-order valence-corrected chi connectivity index (χ2v) is 3.67. The lowest BCUT2D eigenvalue weighted by Gasteiger charge is -2.13. The van der Waals surface area contributed by atoms with Gasteiger partial charge in [0.1, 0.15) is 0 Å². The lowest BCUT2D eigenvalue weighted by atomic mass is 10.00. The van der Waals surface area contributed by atoms with Crippen LogP contribution in [0.2, 0.25) is 0 Å². The van der Waals surface area contributed by atoms with E-state index in [1.807, 2.05) is 0 Å². The predicted octanol–water partition coefficient (Wildman–Crippen LogP) is 4.29. The summed E-state index contributed by atoms with van der Waals surface area (Å²) in [5.74, 6) is 0. The highest BCUT2D eigenvalue weighted by molar-refractivity contribution is 5.50. The van der Waals surface area contributed by atoms with Crippen LogP contribution in [0.1, 0.15) is 13.8 Å². The summed E-state index contributed by atoms with van der Waals surface area (Å²) in [5.41, 5.74) is 0.270. The molecule has 18 heavy (non-hydrogen) atoms. The Morgan fingerprint density at radius 1 is 1.22 bits per heavy atom. The third kappa shape index (κ3) is 4.65. The molecule has 0 saturated carbocycles. The van der Waals surface area contributed by atoms with Gasteiger partial charge in [-0.05, 0) is 36.6 Å². The summed E-state index contributed by atoms with van der Waals surface area (Å²) in [6.07, 6.45) is 1.35. The molecule has 1 nitrogen and oxygen atoms in total. The van der Waals surface area contributed by atoms with Crippen molar-refractivity contribution in [2.24, 2.45) is 0 Å². The number of hydrogen-bond acceptors (Lipinski definition) is 1. The molecule has 0 aliphatic heterocycles. The van der Waals surface area contributed by atoms with Gasteiger partial charge in [-0.15, -0.1) is 0 Å². The van der Waals surface area contributed by atoms with E-state index in [0.29, 0.717) is 11.1 Å². The Hall–Kier alpha value is -1.71. The highest BCUT2D eigenvalue weighted by Gasteiger charge is 2.34. The normalized spacial score (nSPS) is 14.4. The van der Waals surface area contributed by atoms with Crippen molar-refractivity contribution >= 4 is 0 Å². The first-order chi connectivity index (χ1) is 8.27. The highest BCUT2D eigenvalue weighted by atomic mass is 19.4. The van der Waals surface area contributed by atoms with Gasteiger partial charge < -0.3 is 5.32 Å². The second kappa shape index (κ2) is 6.89. The highest BCUT2D eigenvalue weighted by Crippen LogP contribution is 2.32. The monoisotopic (exact) mass is 257 g/mol. The largest absolute Gasteiger partial charge is 0.416 e. The zero-order chi connectivity index (χ0) is 14.3. The molecule has 0 aromatic rings. The maximum atomic E-state index is 12.8. The van der Waals surface area contributed by atoms with Crippen molar-refractivity contribution in [3.63, 3.8) is 0 Å². The van der Waals surface area contributed by atoms with Crippen molar-refractivity contribution in [2.75, 3.05) is 7.05 Å². The summed E-state index contributed by atoms with van der Waals surface area (Å²) in [7, 11) is 1.67. The lowest BCUT2D eigenvalue weighted by molar-refractivity contribution is -0.0892. The van der Waals surface area contributed by atoms with Crippen LogP contribution in [0.3, 0.4) is 0 Å². The summed E-state index contributed by atoms with van der Waals surface area (Å²) in [4.78, 5) is 0. The van der Waals surface area contributed by atoms with E-state index in [-0.39, 0.29) is 5.57 Å². The van der Waals surface area contributed by atoms with E-state index in [1.54, 1.807) is 26.2 Å². The van der Waals surface area contributed by atoms with Crippen LogP contribution in [0.25, 0.3) is 0 Å². The Morgan fingerprint density at radius 2 is 1.78 bits per heavy atom. The molecular weight excluding hydrogens is 239 g/mol. The fraction of sp³-hybridized carbons (Fsp3) is 0.286. The van der Waals surface area contributed by atoms with Gasteiger partial charge in [-0.3, -0.25) is 0 Å². The van der Waals surface area contributed by atoms with Gasteiger partial charge in [0.25, 0.3) is 0 Å². The summed E-state index contributed by atoms with van der Waals surface area (Å²) in [6, 6.07) is 0. The minimum absolute atomic E-state index is 0.0188. The van der Waals surface area contributed by atoms with E-state index in [2.05, 4.69) is 18.5 Å². The van der Waals surface area contributed by atoms with Crippen LogP contribution >= 0.6 is 0 Å². The molecule has 100 valence electrons. The van der Waals surface area contributed by atoms with E-state index in [9.17, 15) is 13.2 Å². The van der Waals surface area contributed by atoms with E-state index in [4.69, 9.17) is 0 Å². The Morgan fingerprint density at radius 3 is 2.06 bits per heavy atom. The molecule has 0 bridgehead atoms. The zero-order valence-corrected chi connectivity index (χ0v) is 10.9. The van der Waals surface area contributed by atoms with Gasteiger partial charge in [0.05, 0.1) is 5.57 Å². The van der Waals surface area contributed by atoms with E-state index < -0.39 is 11.7 Å². The van der Waals surface area contributed by atoms with Crippen molar-refractivity contribution in [1.29, 1.82) is 0 Å². The molecular formula is C14H18F3N. The molecule has 0 fully saturated rings. The van der Waals surface area contributed by atoms with Crippen molar-refractivity contribution < 1.29 is 13.2 Å². The van der Waals surface area contributed by atoms with Crippen LogP contribution in [0.5, 0.6) is 0 Å². The zero-order valence-electron chi connectivity index (χ0n) is 10.9. The smallest absolute Gasteiger partial charge is 0.393 e. The van der Waals surface area contributed by atoms with Crippen molar-refractivity contribution in [3.8, 4) is 0 Å². The molecule has 0 radical (unpaired) electrons. The van der Waals surface area contributed by atoms with Gasteiger partial charge >= 0.3 is 6.18 Å². The Kier molecular flexibility index (Phi) is 6.23. The average Bonchev–Trinajstić information content (AvgIpc) is 2.25. The van der Waals surface area contributed by atoms with Crippen LogP contribution in [0.15, 0.2) is 59.9 Å². The predicted molar refractivity (Wildman–Crippen MR) is 70.0 cm³/mol. The number of halogens is 3. The molecule has 0 aromatic heterocycles. The SMILES string of the molecule is C=C/C(=C\NC)C(=CC)/C=C(\C(=C)C)C(F)(F)F. The molecule has 0 atom stereocenters. The molecule has 4 heteroatoms. The average molecular weight is 257 g/mol. The van der Waals surface area contributed by atoms with Gasteiger partial charge in [-0.1, -0.05) is 25.3 Å². The first-order valence-corrected chi connectivity index (χ1v) is 5.39. The van der Waals surface area contributed by atoms with Crippen LogP contribution in [-0.2, 0) is 0 Å². The second-order valence-electron chi connectivity index (χ2n) is 3.67. The molecule has 0 amide bonds. The first-order valence-electron chi connectivity index (χ1n) is 5.39. The molecule has 0 heterocycles. The minimum atomic E-state index is -4.41. The summed E-state index contributed by atoms with van der Waals surface area (Å²) in [5, 5.41) is 2.77. The number of hydrogen-bond donors (Lipinski definition) is 1. The summed E-state index contributed by atoms with van der Waals surface area (Å²) >= 11 is 0. The third-order valence-corrected chi connectivity index (χ3v) is 2.23. The number of allylic oxidation sites excluding steroid dienone is 7. The third-order valence-electron chi connectivity index (χ3n) is 2.23. The van der Waals surface area contributed by atoms with E-state index in [1.165, 1.54) is 13.0 Å². The maximum absolute atomic E-state index is 12.8. The fourth-order valence-electron chi connectivity index (χ4n) is 1.35. The van der Waals surface area contributed by atoms with Crippen LogP contribution in [-0.4, -0.2) is 13.2 Å². The van der Waals surface area contributed by atoms with E-state index >= 15 is 0 Å². The van der Waals surface area contributed by atoms with Gasteiger partial charge in [-0.2, -0.15) is 13.2 Å². The van der Waals surface area contributed by atoms with Gasteiger partial charge in [0.2, 0.25) is 0 Å². The Labute approximate surface area is 106 Å². The maximum Gasteiger partial charge on any atom is 0.416 e. The van der Waals surface area contributed by atoms with Crippen molar-refractivity contribution in [3.05, 3.63) is 59.9 Å². The number of alkyl halides is 3. The molecule has 0 aliphatic rings. The molecule has 1 N–H and O–H groups in total. The van der Waals surface area contributed by atoms with Crippen LogP contribution in [0, 0.1) is 0 Å². The standard InChI is InChI=1S/C14H18F3N/c1-6-11(12(7-2)9-18-5)8-13(10(3)4)14(15,16)17/h6-9,18H,2-3H2,1,4-5H3/b11-6?,12-9+,13-8+. The summed E-state index contributed by atoms with van der Waals surface area (Å²) in [6.45, 7) is 9.95. The van der Waals surface area contributed by atoms with Gasteiger partial charge in [0.15, 0.2) is 0 Å². The quantitative estimate of drug-likeness (QED) is 0.724. The molecule has 0 aliphatic carbocycles. The molecule has 0 saturated heterocycles. The van der Waals surface area contributed by atoms with Crippen molar-refractivity contribution in [1.82, 2.24) is 5.32 Å². The Bertz CT molecular complexity index is 409. The molecule has 0 aromatic carbocycles. The van der Waals surface area contributed by atoms with Crippen molar-refractivity contribution in [2.45, 2.75) is 20.0 Å². The molecule has 0 spiro atoms. The topological polar surface area (TPSA) is 12.0 Å². The van der Waals surface area contributed by atoms with Crippen LogP contribution < -0.4 is 5.32 Å². The van der Waals surface area contributed by atoms with Gasteiger partial charge in [0, 0.05) is 13.2 Å². The lowest BCUT2D eigenvalue weighted by Crippen LogP contribution is -2.13. The van der Waals surface area contributed by atoms with E-state index in [0.717, 1.165) is 6.08 Å². The fourth-order valence-corrected chi connectivity index (χ4v) is 1.35. The first kappa shape index (κ1) is 16.3. The molecule has 0 rings (SSSR count). The van der Waals surface area contributed by atoms with Gasteiger partial charge in [-0.25, -0.2) is 0 Å².